The first-order valence-corrected chi connectivity index (χ1v) is 11.2. The predicted molar refractivity (Wildman–Crippen MR) is 117 cm³/mol. The third-order valence-corrected chi connectivity index (χ3v) is 7.53. The maximum absolute atomic E-state index is 15.6. The summed E-state index contributed by atoms with van der Waals surface area (Å²) in [6, 6.07) is 0.841. The van der Waals surface area contributed by atoms with Crippen LogP contribution in [0.2, 0.25) is 0 Å². The molecule has 32 heavy (non-hydrogen) atoms. The molecule has 2 fully saturated rings. The van der Waals surface area contributed by atoms with Crippen molar-refractivity contribution in [2.75, 3.05) is 30.0 Å². The average Bonchev–Trinajstić information content (AvgIpc) is 3.59. The number of methoxy groups -OCH3 is 1. The van der Waals surface area contributed by atoms with Gasteiger partial charge in [-0.3, -0.25) is 14.4 Å². The summed E-state index contributed by atoms with van der Waals surface area (Å²) in [5.41, 5.74) is 6.52. The predicted octanol–water partition coefficient (Wildman–Crippen LogP) is 2.57. The molecule has 8 nitrogen and oxygen atoms in total. The lowest BCUT2D eigenvalue weighted by Crippen LogP contribution is -2.55. The van der Waals surface area contributed by atoms with Gasteiger partial charge in [-0.1, -0.05) is 13.8 Å². The lowest BCUT2D eigenvalue weighted by atomic mass is 9.72. The van der Waals surface area contributed by atoms with E-state index in [2.05, 4.69) is 13.8 Å². The molecule has 4 rings (SSSR count). The van der Waals surface area contributed by atoms with Crippen LogP contribution < -0.4 is 20.3 Å². The van der Waals surface area contributed by atoms with Crippen LogP contribution in [-0.4, -0.2) is 55.0 Å². The molecule has 2 heterocycles. The van der Waals surface area contributed by atoms with Crippen molar-refractivity contribution >= 4 is 29.0 Å². The number of fused-ring (bicyclic) bond motifs is 1. The average molecular weight is 448 g/mol. The summed E-state index contributed by atoms with van der Waals surface area (Å²) >= 11 is 0. The molecule has 0 bridgehead atoms. The Morgan fingerprint density at radius 1 is 1.25 bits per heavy atom. The van der Waals surface area contributed by atoms with E-state index in [1.165, 1.54) is 12.0 Å². The molecule has 0 aromatic heterocycles. The SMILES string of the molecule is CCC1(CC)CN(c2c(F)cc3c(c2OC)N(C2CC2)C(=O)C(C(=O)O)C3=O)CCC1N. The van der Waals surface area contributed by atoms with Crippen LogP contribution >= 0.6 is 0 Å². The lowest BCUT2D eigenvalue weighted by molar-refractivity contribution is -0.144. The van der Waals surface area contributed by atoms with E-state index >= 15 is 4.39 Å². The van der Waals surface area contributed by atoms with E-state index in [1.807, 2.05) is 4.90 Å². The number of nitrogens with zero attached hydrogens (tertiary/aromatic N) is 2. The fourth-order valence-electron chi connectivity index (χ4n) is 5.32. The molecule has 9 heteroatoms. The van der Waals surface area contributed by atoms with Crippen LogP contribution in [0.4, 0.5) is 15.8 Å². The van der Waals surface area contributed by atoms with E-state index in [4.69, 9.17) is 10.5 Å². The molecule has 1 aromatic carbocycles. The summed E-state index contributed by atoms with van der Waals surface area (Å²) in [6.45, 7) is 5.19. The largest absolute Gasteiger partial charge is 0.492 e. The van der Waals surface area contributed by atoms with E-state index in [-0.39, 0.29) is 40.2 Å². The van der Waals surface area contributed by atoms with E-state index in [1.54, 1.807) is 0 Å². The van der Waals surface area contributed by atoms with E-state index in [9.17, 15) is 19.5 Å². The second-order valence-electron chi connectivity index (χ2n) is 9.10. The molecular weight excluding hydrogens is 417 g/mol. The molecule has 1 aromatic rings. The van der Waals surface area contributed by atoms with Crippen molar-refractivity contribution in [3.8, 4) is 5.75 Å². The van der Waals surface area contributed by atoms with Gasteiger partial charge in [0.15, 0.2) is 23.3 Å². The highest BCUT2D eigenvalue weighted by Crippen LogP contribution is 2.51. The minimum atomic E-state index is -1.86. The summed E-state index contributed by atoms with van der Waals surface area (Å²) < 4.78 is 21.2. The Morgan fingerprint density at radius 2 is 1.91 bits per heavy atom. The van der Waals surface area contributed by atoms with Crippen LogP contribution in [0, 0.1) is 17.2 Å². The molecular formula is C23H30FN3O5. The van der Waals surface area contributed by atoms with Crippen LogP contribution in [-0.2, 0) is 9.59 Å². The van der Waals surface area contributed by atoms with Gasteiger partial charge in [-0.25, -0.2) is 4.39 Å². The zero-order chi connectivity index (χ0) is 23.4. The Bertz CT molecular complexity index is 973. The molecule has 0 radical (unpaired) electrons. The number of anilines is 2. The van der Waals surface area contributed by atoms with Crippen LogP contribution in [0.15, 0.2) is 6.07 Å². The molecule has 1 aliphatic carbocycles. The molecule has 3 aliphatic rings. The van der Waals surface area contributed by atoms with Gasteiger partial charge in [0.2, 0.25) is 5.91 Å². The fraction of sp³-hybridized carbons (Fsp3) is 0.609. The minimum Gasteiger partial charge on any atom is -0.492 e. The van der Waals surface area contributed by atoms with Crippen molar-refractivity contribution in [1.82, 2.24) is 0 Å². The Labute approximate surface area is 186 Å². The number of aliphatic carboxylic acids is 1. The topological polar surface area (TPSA) is 113 Å². The van der Waals surface area contributed by atoms with Gasteiger partial charge in [-0.2, -0.15) is 0 Å². The standard InChI is InChI=1S/C23H30FN3O5/c1-4-23(5-2)11-26(9-8-15(23)25)18-14(24)10-13-17(20(18)32-3)27(12-6-7-12)21(29)16(19(13)28)22(30)31/h10,12,15-16H,4-9,11,25H2,1-3H3,(H,30,31). The number of carboxylic acids is 1. The molecule has 1 saturated carbocycles. The van der Waals surface area contributed by atoms with Crippen molar-refractivity contribution in [3.05, 3.63) is 17.4 Å². The third kappa shape index (κ3) is 3.25. The molecule has 0 spiro atoms. The lowest BCUT2D eigenvalue weighted by Gasteiger charge is -2.48. The fourth-order valence-corrected chi connectivity index (χ4v) is 5.32. The summed E-state index contributed by atoms with van der Waals surface area (Å²) in [4.78, 5) is 40.9. The van der Waals surface area contributed by atoms with E-state index < -0.39 is 29.4 Å². The normalized spacial score (nSPS) is 25.0. The van der Waals surface area contributed by atoms with Crippen molar-refractivity contribution in [3.63, 3.8) is 0 Å². The van der Waals surface area contributed by atoms with Gasteiger partial charge >= 0.3 is 5.97 Å². The van der Waals surface area contributed by atoms with E-state index in [0.717, 1.165) is 18.9 Å². The molecule has 2 unspecified atom stereocenters. The Hall–Kier alpha value is -2.68. The zero-order valence-corrected chi connectivity index (χ0v) is 18.7. The molecule has 1 amide bonds. The van der Waals surface area contributed by atoms with Gasteiger partial charge in [0.25, 0.3) is 0 Å². The van der Waals surface area contributed by atoms with Gasteiger partial charge in [0.1, 0.15) is 5.69 Å². The summed E-state index contributed by atoms with van der Waals surface area (Å²) in [5, 5.41) is 9.50. The number of Topliss-reactive ketones (excluding diaryl/α,β-unsaturated/α-hetero) is 1. The summed E-state index contributed by atoms with van der Waals surface area (Å²) in [5.74, 6) is -5.64. The maximum atomic E-state index is 15.6. The highest BCUT2D eigenvalue weighted by Gasteiger charge is 2.51. The van der Waals surface area contributed by atoms with Gasteiger partial charge in [0.05, 0.1) is 12.8 Å². The minimum absolute atomic E-state index is 0.0112. The van der Waals surface area contributed by atoms with Crippen molar-refractivity contribution in [2.24, 2.45) is 17.1 Å². The first-order chi connectivity index (χ1) is 15.2. The number of piperidine rings is 1. The smallest absolute Gasteiger partial charge is 0.324 e. The molecule has 2 atom stereocenters. The van der Waals surface area contributed by atoms with Gasteiger partial charge in [-0.05, 0) is 38.2 Å². The number of hydrogen-bond acceptors (Lipinski definition) is 6. The number of halogens is 1. The summed E-state index contributed by atoms with van der Waals surface area (Å²) in [7, 11) is 1.38. The van der Waals surface area contributed by atoms with Crippen LogP contribution in [0.3, 0.4) is 0 Å². The third-order valence-electron chi connectivity index (χ3n) is 7.53. The number of nitrogens with two attached hydrogens (primary N) is 1. The summed E-state index contributed by atoms with van der Waals surface area (Å²) in [6.07, 6.45) is 3.72. The van der Waals surface area contributed by atoms with Crippen molar-refractivity contribution in [1.29, 1.82) is 0 Å². The number of amides is 1. The molecule has 2 aliphatic heterocycles. The van der Waals surface area contributed by atoms with Gasteiger partial charge < -0.3 is 25.4 Å². The number of ether oxygens (including phenoxy) is 1. The van der Waals surface area contributed by atoms with Crippen LogP contribution in [0.5, 0.6) is 5.75 Å². The zero-order valence-electron chi connectivity index (χ0n) is 18.7. The van der Waals surface area contributed by atoms with Crippen LogP contribution in [0.25, 0.3) is 0 Å². The number of carbonyl (C=O) groups is 3. The Morgan fingerprint density at radius 3 is 2.44 bits per heavy atom. The highest BCUT2D eigenvalue weighted by atomic mass is 19.1. The van der Waals surface area contributed by atoms with Gasteiger partial charge in [0, 0.05) is 36.2 Å². The quantitative estimate of drug-likeness (QED) is 0.645. The number of benzene rings is 1. The second-order valence-corrected chi connectivity index (χ2v) is 9.10. The van der Waals surface area contributed by atoms with Crippen LogP contribution in [0.1, 0.15) is 56.3 Å². The monoisotopic (exact) mass is 447 g/mol. The van der Waals surface area contributed by atoms with Crippen molar-refractivity contribution in [2.45, 2.75) is 58.0 Å². The number of carboxylic acid groups (broad SMARTS) is 1. The number of carbonyl (C=O) groups excluding carboxylic acids is 2. The Kier molecular flexibility index (Phi) is 5.65. The van der Waals surface area contributed by atoms with E-state index in [0.29, 0.717) is 32.4 Å². The van der Waals surface area contributed by atoms with Crippen molar-refractivity contribution < 1.29 is 28.6 Å². The second kappa shape index (κ2) is 8.03. The molecule has 3 N–H and O–H groups in total. The highest BCUT2D eigenvalue weighted by molar-refractivity contribution is 6.31. The number of hydrogen-bond donors (Lipinski definition) is 2. The number of rotatable bonds is 6. The first kappa shape index (κ1) is 22.5. The number of ketones is 1. The first-order valence-electron chi connectivity index (χ1n) is 11.2. The maximum Gasteiger partial charge on any atom is 0.324 e. The Balaban J connectivity index is 1.89. The molecule has 174 valence electrons. The van der Waals surface area contributed by atoms with Gasteiger partial charge in [-0.15, -0.1) is 0 Å². The molecule has 1 saturated heterocycles.